The molecular formula is C12H16BF3KNO2S. The van der Waals surface area contributed by atoms with Gasteiger partial charge in [-0.05, 0) is 32.8 Å². The monoisotopic (exact) mass is 345 g/mol. The molecule has 0 aliphatic carbocycles. The van der Waals surface area contributed by atoms with E-state index < -0.39 is 23.4 Å². The molecule has 1 amide bonds. The fraction of sp³-hybridized carbons (Fsp3) is 0.583. The van der Waals surface area contributed by atoms with Crippen molar-refractivity contribution in [2.75, 3.05) is 6.54 Å². The second-order valence-electron chi connectivity index (χ2n) is 5.82. The molecule has 0 aromatic carbocycles. The van der Waals surface area contributed by atoms with Crippen molar-refractivity contribution < 1.29 is 73.9 Å². The summed E-state index contributed by atoms with van der Waals surface area (Å²) in [5.74, 6) is 0. The van der Waals surface area contributed by atoms with E-state index in [0.717, 1.165) is 22.3 Å². The predicted molar refractivity (Wildman–Crippen MR) is 73.4 cm³/mol. The molecule has 0 atom stereocenters. The quantitative estimate of drug-likeness (QED) is 0.676. The standard InChI is InChI=1S/C12H16BF3NO2S.K/c1-12(2,3)19-11(18)17-5-4-9-8(7-17)6-10(20-9)13(14,15)16;/h6H,4-5,7H2,1-3H3;/q-1;+1. The molecule has 1 aromatic rings. The van der Waals surface area contributed by atoms with Gasteiger partial charge in [-0.25, -0.2) is 4.79 Å². The zero-order chi connectivity index (χ0) is 15.1. The van der Waals surface area contributed by atoms with Crippen molar-refractivity contribution in [1.82, 2.24) is 4.90 Å². The number of hydrogen-bond acceptors (Lipinski definition) is 3. The fourth-order valence-electron chi connectivity index (χ4n) is 2.00. The van der Waals surface area contributed by atoms with E-state index in [1.165, 1.54) is 4.90 Å². The number of nitrogens with zero attached hydrogens (tertiary/aromatic N) is 1. The minimum absolute atomic E-state index is 0. The number of thiophene rings is 1. The van der Waals surface area contributed by atoms with Gasteiger partial charge in [0.1, 0.15) is 5.60 Å². The number of carbonyl (C=O) groups excluding carboxylic acids is 1. The van der Waals surface area contributed by atoms with Gasteiger partial charge < -0.3 is 22.6 Å². The van der Waals surface area contributed by atoms with E-state index in [2.05, 4.69) is 0 Å². The van der Waals surface area contributed by atoms with Crippen LogP contribution >= 0.6 is 11.3 Å². The smallest absolute Gasteiger partial charge is 0.444 e. The van der Waals surface area contributed by atoms with Gasteiger partial charge in [-0.3, -0.25) is 0 Å². The minimum Gasteiger partial charge on any atom is -0.444 e. The third-order valence-electron chi connectivity index (χ3n) is 2.86. The number of ether oxygens (including phenoxy) is 1. The van der Waals surface area contributed by atoms with Gasteiger partial charge in [-0.2, -0.15) is 11.3 Å². The Morgan fingerprint density at radius 2 is 2.00 bits per heavy atom. The van der Waals surface area contributed by atoms with Crippen molar-refractivity contribution in [1.29, 1.82) is 0 Å². The molecule has 1 aromatic heterocycles. The Kier molecular flexibility index (Phi) is 6.43. The molecule has 3 nitrogen and oxygen atoms in total. The van der Waals surface area contributed by atoms with E-state index in [4.69, 9.17) is 4.74 Å². The molecule has 9 heteroatoms. The van der Waals surface area contributed by atoms with Crippen LogP contribution in [0.2, 0.25) is 0 Å². The van der Waals surface area contributed by atoms with Gasteiger partial charge in [0.15, 0.2) is 0 Å². The Hall–Kier alpha value is 0.461. The van der Waals surface area contributed by atoms with Crippen molar-refractivity contribution in [3.63, 3.8) is 0 Å². The molecule has 2 heterocycles. The molecule has 0 spiro atoms. The third kappa shape index (κ3) is 5.25. The molecule has 0 radical (unpaired) electrons. The molecule has 21 heavy (non-hydrogen) atoms. The van der Waals surface area contributed by atoms with E-state index in [-0.39, 0.29) is 57.9 Å². The first-order chi connectivity index (χ1) is 9.06. The number of amides is 1. The summed E-state index contributed by atoms with van der Waals surface area (Å²) in [7, 11) is 0. The van der Waals surface area contributed by atoms with Crippen LogP contribution in [-0.2, 0) is 17.7 Å². The Morgan fingerprint density at radius 3 is 2.52 bits per heavy atom. The first kappa shape index (κ1) is 19.5. The molecular weight excluding hydrogens is 329 g/mol. The molecule has 0 fully saturated rings. The Labute approximate surface area is 168 Å². The molecule has 0 N–H and O–H groups in total. The first-order valence-electron chi connectivity index (χ1n) is 6.35. The molecule has 0 saturated heterocycles. The maximum atomic E-state index is 12.7. The average molecular weight is 345 g/mol. The number of halogens is 3. The van der Waals surface area contributed by atoms with Crippen LogP contribution in [0.4, 0.5) is 17.7 Å². The fourth-order valence-corrected chi connectivity index (χ4v) is 3.07. The van der Waals surface area contributed by atoms with Crippen LogP contribution in [0.15, 0.2) is 6.07 Å². The molecule has 1 aliphatic heterocycles. The Morgan fingerprint density at radius 1 is 1.38 bits per heavy atom. The summed E-state index contributed by atoms with van der Waals surface area (Å²) in [5, 5.41) is 0. The molecule has 112 valence electrons. The van der Waals surface area contributed by atoms with Crippen molar-refractivity contribution in [3.05, 3.63) is 16.5 Å². The van der Waals surface area contributed by atoms with Crippen LogP contribution in [0.3, 0.4) is 0 Å². The van der Waals surface area contributed by atoms with E-state index in [0.29, 0.717) is 18.5 Å². The van der Waals surface area contributed by atoms with Crippen molar-refractivity contribution >= 4 is 29.2 Å². The second kappa shape index (κ2) is 6.92. The Balaban J connectivity index is 0.00000220. The third-order valence-corrected chi connectivity index (χ3v) is 4.19. The molecule has 1 aliphatic rings. The van der Waals surface area contributed by atoms with Crippen LogP contribution in [-0.4, -0.2) is 30.1 Å². The van der Waals surface area contributed by atoms with Crippen LogP contribution in [0.1, 0.15) is 31.2 Å². The van der Waals surface area contributed by atoms with Crippen LogP contribution in [0, 0.1) is 0 Å². The zero-order valence-corrected chi connectivity index (χ0v) is 16.5. The number of rotatable bonds is 1. The second-order valence-corrected chi connectivity index (χ2v) is 6.99. The van der Waals surface area contributed by atoms with E-state index in [9.17, 15) is 17.7 Å². The van der Waals surface area contributed by atoms with Gasteiger partial charge in [-0.1, -0.05) is 10.8 Å². The largest absolute Gasteiger partial charge is 1.00 e. The first-order valence-corrected chi connectivity index (χ1v) is 7.17. The van der Waals surface area contributed by atoms with Crippen LogP contribution in [0.5, 0.6) is 0 Å². The summed E-state index contributed by atoms with van der Waals surface area (Å²) in [5.41, 5.74) is -0.0204. The molecule has 0 bridgehead atoms. The summed E-state index contributed by atoms with van der Waals surface area (Å²) in [4.78, 5) is 14.1. The minimum atomic E-state index is -4.96. The van der Waals surface area contributed by atoms with Gasteiger partial charge in [0.2, 0.25) is 0 Å². The SMILES string of the molecule is CC(C)(C)OC(=O)N1CCc2sc([B-](F)(F)F)cc2C1.[K+]. The molecule has 0 unspecified atom stereocenters. The summed E-state index contributed by atoms with van der Waals surface area (Å²) >= 11 is 0.793. The topological polar surface area (TPSA) is 29.5 Å². The normalized spacial score (nSPS) is 15.2. The van der Waals surface area contributed by atoms with Crippen molar-refractivity contribution in [2.45, 2.75) is 39.3 Å². The summed E-state index contributed by atoms with van der Waals surface area (Å²) in [6.45, 7) is 0.895. The number of carbonyl (C=O) groups is 1. The Bertz CT molecular complexity index is 528. The molecule has 0 saturated carbocycles. The zero-order valence-electron chi connectivity index (χ0n) is 12.6. The van der Waals surface area contributed by atoms with Crippen molar-refractivity contribution in [2.24, 2.45) is 0 Å². The van der Waals surface area contributed by atoms with Gasteiger partial charge >= 0.3 is 64.5 Å². The average Bonchev–Trinajstić information content (AvgIpc) is 2.68. The van der Waals surface area contributed by atoms with Crippen LogP contribution < -0.4 is 56.2 Å². The summed E-state index contributed by atoms with van der Waals surface area (Å²) in [6, 6.07) is 1.16. The van der Waals surface area contributed by atoms with Gasteiger partial charge in [0, 0.05) is 18.0 Å². The number of hydrogen-bond donors (Lipinski definition) is 0. The van der Waals surface area contributed by atoms with E-state index >= 15 is 0 Å². The van der Waals surface area contributed by atoms with Gasteiger partial charge in [-0.15, -0.1) is 0 Å². The van der Waals surface area contributed by atoms with Crippen LogP contribution in [0.25, 0.3) is 0 Å². The van der Waals surface area contributed by atoms with Crippen molar-refractivity contribution in [3.8, 4) is 0 Å². The number of fused-ring (bicyclic) bond motifs is 1. The van der Waals surface area contributed by atoms with E-state index in [1.54, 1.807) is 20.8 Å². The maximum Gasteiger partial charge on any atom is 1.00 e. The van der Waals surface area contributed by atoms with Gasteiger partial charge in [0.25, 0.3) is 0 Å². The summed E-state index contributed by atoms with van der Waals surface area (Å²) in [6.07, 6.45) is -0.0285. The summed E-state index contributed by atoms with van der Waals surface area (Å²) < 4.78 is 42.9. The van der Waals surface area contributed by atoms with Gasteiger partial charge in [0.05, 0.1) is 0 Å². The van der Waals surface area contributed by atoms with E-state index in [1.807, 2.05) is 0 Å². The predicted octanol–water partition coefficient (Wildman–Crippen LogP) is 0.0997. The molecule has 2 rings (SSSR count). The maximum absolute atomic E-state index is 12.7.